The second-order valence-corrected chi connectivity index (χ2v) is 6.50. The number of benzene rings is 1. The van der Waals surface area contributed by atoms with Crippen molar-refractivity contribution in [2.75, 3.05) is 18.1 Å². The Hall–Kier alpha value is -2.12. The molecule has 0 aliphatic rings. The standard InChI is InChI=1S/C14H18N4O2S/c1-10-5-6-17-8-11(10)9-18-14-4-3-12(7-13(14)15)21(19,20)16-2/h3-8,16,18H,9,15H2,1-2H3. The van der Waals surface area contributed by atoms with E-state index in [2.05, 4.69) is 15.0 Å². The first kappa shape index (κ1) is 15.3. The highest BCUT2D eigenvalue weighted by atomic mass is 32.2. The van der Waals surface area contributed by atoms with E-state index in [-0.39, 0.29) is 4.90 Å². The second kappa shape index (κ2) is 6.11. The van der Waals surface area contributed by atoms with Gasteiger partial charge in [-0.15, -0.1) is 0 Å². The second-order valence-electron chi connectivity index (χ2n) is 4.61. The van der Waals surface area contributed by atoms with Crippen LogP contribution in [0.25, 0.3) is 0 Å². The molecule has 0 radical (unpaired) electrons. The molecule has 2 rings (SSSR count). The predicted molar refractivity (Wildman–Crippen MR) is 83.4 cm³/mol. The number of sulfonamides is 1. The number of nitrogens with two attached hydrogens (primary N) is 1. The van der Waals surface area contributed by atoms with E-state index in [4.69, 9.17) is 5.73 Å². The van der Waals surface area contributed by atoms with Crippen LogP contribution in [0.1, 0.15) is 11.1 Å². The van der Waals surface area contributed by atoms with Gasteiger partial charge in [-0.3, -0.25) is 4.98 Å². The molecule has 7 heteroatoms. The number of aromatic nitrogens is 1. The van der Waals surface area contributed by atoms with Crippen LogP contribution in [0.3, 0.4) is 0 Å². The Kier molecular flexibility index (Phi) is 4.44. The molecule has 112 valence electrons. The van der Waals surface area contributed by atoms with E-state index >= 15 is 0 Å². The molecule has 1 aromatic carbocycles. The summed E-state index contributed by atoms with van der Waals surface area (Å²) in [6, 6.07) is 6.54. The van der Waals surface area contributed by atoms with Crippen molar-refractivity contribution in [2.45, 2.75) is 18.4 Å². The Morgan fingerprint density at radius 1 is 1.29 bits per heavy atom. The van der Waals surface area contributed by atoms with E-state index in [1.807, 2.05) is 13.0 Å². The fraction of sp³-hybridized carbons (Fsp3) is 0.214. The Morgan fingerprint density at radius 2 is 2.05 bits per heavy atom. The van der Waals surface area contributed by atoms with E-state index in [0.29, 0.717) is 17.9 Å². The zero-order valence-electron chi connectivity index (χ0n) is 11.9. The molecular weight excluding hydrogens is 288 g/mol. The quantitative estimate of drug-likeness (QED) is 0.727. The minimum Gasteiger partial charge on any atom is -0.397 e. The summed E-state index contributed by atoms with van der Waals surface area (Å²) < 4.78 is 25.6. The number of anilines is 2. The van der Waals surface area contributed by atoms with E-state index in [1.54, 1.807) is 18.5 Å². The molecule has 0 bridgehead atoms. The van der Waals surface area contributed by atoms with Gasteiger partial charge in [-0.2, -0.15) is 0 Å². The summed E-state index contributed by atoms with van der Waals surface area (Å²) in [6.45, 7) is 2.58. The maximum absolute atomic E-state index is 11.7. The van der Waals surface area contributed by atoms with Crippen LogP contribution in [0.2, 0.25) is 0 Å². The van der Waals surface area contributed by atoms with Crippen LogP contribution in [0.15, 0.2) is 41.6 Å². The average Bonchev–Trinajstić information content (AvgIpc) is 2.47. The van der Waals surface area contributed by atoms with Crippen LogP contribution in [0.4, 0.5) is 11.4 Å². The van der Waals surface area contributed by atoms with Gasteiger partial charge in [0, 0.05) is 18.9 Å². The number of hydrogen-bond acceptors (Lipinski definition) is 5. The molecular formula is C14H18N4O2S. The molecule has 1 aromatic heterocycles. The van der Waals surface area contributed by atoms with Crippen LogP contribution >= 0.6 is 0 Å². The molecule has 0 atom stereocenters. The number of pyridine rings is 1. The van der Waals surface area contributed by atoms with Crippen molar-refractivity contribution in [1.29, 1.82) is 0 Å². The van der Waals surface area contributed by atoms with Crippen molar-refractivity contribution in [1.82, 2.24) is 9.71 Å². The molecule has 0 saturated heterocycles. The number of hydrogen-bond donors (Lipinski definition) is 3. The maximum atomic E-state index is 11.7. The lowest BCUT2D eigenvalue weighted by Gasteiger charge is -2.12. The van der Waals surface area contributed by atoms with Gasteiger partial charge >= 0.3 is 0 Å². The number of nitrogen functional groups attached to an aromatic ring is 1. The number of rotatable bonds is 5. The molecule has 0 saturated carbocycles. The monoisotopic (exact) mass is 306 g/mol. The highest BCUT2D eigenvalue weighted by Crippen LogP contribution is 2.23. The molecule has 6 nitrogen and oxygen atoms in total. The highest BCUT2D eigenvalue weighted by molar-refractivity contribution is 7.89. The molecule has 4 N–H and O–H groups in total. The largest absolute Gasteiger partial charge is 0.397 e. The molecule has 0 amide bonds. The van der Waals surface area contributed by atoms with Gasteiger partial charge in [0.25, 0.3) is 0 Å². The van der Waals surface area contributed by atoms with E-state index in [1.165, 1.54) is 19.2 Å². The fourth-order valence-electron chi connectivity index (χ4n) is 1.86. The Bertz CT molecular complexity index is 744. The van der Waals surface area contributed by atoms with Gasteiger partial charge in [0.05, 0.1) is 16.3 Å². The smallest absolute Gasteiger partial charge is 0.240 e. The van der Waals surface area contributed by atoms with Crippen molar-refractivity contribution in [2.24, 2.45) is 0 Å². The van der Waals surface area contributed by atoms with Crippen molar-refractivity contribution in [3.63, 3.8) is 0 Å². The van der Waals surface area contributed by atoms with Gasteiger partial charge in [-0.05, 0) is 49.4 Å². The SMILES string of the molecule is CNS(=O)(=O)c1ccc(NCc2cnccc2C)c(N)c1. The van der Waals surface area contributed by atoms with Crippen LogP contribution in [-0.2, 0) is 16.6 Å². The molecule has 21 heavy (non-hydrogen) atoms. The summed E-state index contributed by atoms with van der Waals surface area (Å²) in [7, 11) is -2.12. The lowest BCUT2D eigenvalue weighted by Crippen LogP contribution is -2.18. The van der Waals surface area contributed by atoms with Crippen molar-refractivity contribution < 1.29 is 8.42 Å². The topological polar surface area (TPSA) is 97.1 Å². The van der Waals surface area contributed by atoms with E-state index in [9.17, 15) is 8.42 Å². The molecule has 2 aromatic rings. The third-order valence-electron chi connectivity index (χ3n) is 3.22. The minimum absolute atomic E-state index is 0.144. The lowest BCUT2D eigenvalue weighted by molar-refractivity contribution is 0.588. The third-order valence-corrected chi connectivity index (χ3v) is 4.63. The number of aryl methyl sites for hydroxylation is 1. The molecule has 1 heterocycles. The van der Waals surface area contributed by atoms with Gasteiger partial charge in [0.15, 0.2) is 0 Å². The number of nitrogens with zero attached hydrogens (tertiary/aromatic N) is 1. The fourth-order valence-corrected chi connectivity index (χ4v) is 2.62. The molecule has 0 spiro atoms. The maximum Gasteiger partial charge on any atom is 0.240 e. The summed E-state index contributed by atoms with van der Waals surface area (Å²) >= 11 is 0. The summed E-state index contributed by atoms with van der Waals surface area (Å²) in [6.07, 6.45) is 3.53. The van der Waals surface area contributed by atoms with Crippen LogP contribution in [0.5, 0.6) is 0 Å². The van der Waals surface area contributed by atoms with Crippen molar-refractivity contribution >= 4 is 21.4 Å². The zero-order valence-corrected chi connectivity index (χ0v) is 12.7. The van der Waals surface area contributed by atoms with E-state index < -0.39 is 10.0 Å². The third kappa shape index (κ3) is 3.50. The first-order chi connectivity index (χ1) is 9.94. The highest BCUT2D eigenvalue weighted by Gasteiger charge is 2.12. The van der Waals surface area contributed by atoms with Crippen LogP contribution in [0, 0.1) is 6.92 Å². The Labute approximate surface area is 124 Å². The minimum atomic E-state index is -3.48. The normalized spacial score (nSPS) is 11.3. The predicted octanol–water partition coefficient (Wildman–Crippen LogP) is 1.49. The number of nitrogens with one attached hydrogen (secondary N) is 2. The molecule has 0 unspecified atom stereocenters. The summed E-state index contributed by atoms with van der Waals surface area (Å²) in [5.41, 5.74) is 9.16. The first-order valence-corrected chi connectivity index (χ1v) is 7.89. The van der Waals surface area contributed by atoms with Gasteiger partial charge < -0.3 is 11.1 Å². The van der Waals surface area contributed by atoms with Gasteiger partial charge in [0.2, 0.25) is 10.0 Å². The first-order valence-electron chi connectivity index (χ1n) is 6.40. The van der Waals surface area contributed by atoms with Crippen LogP contribution < -0.4 is 15.8 Å². The van der Waals surface area contributed by atoms with Crippen molar-refractivity contribution in [3.05, 3.63) is 47.8 Å². The Balaban J connectivity index is 2.17. The van der Waals surface area contributed by atoms with E-state index in [0.717, 1.165) is 11.1 Å². The lowest BCUT2D eigenvalue weighted by atomic mass is 10.1. The zero-order chi connectivity index (χ0) is 15.5. The van der Waals surface area contributed by atoms with Gasteiger partial charge in [0.1, 0.15) is 0 Å². The van der Waals surface area contributed by atoms with Gasteiger partial charge in [-0.25, -0.2) is 13.1 Å². The molecule has 0 fully saturated rings. The average molecular weight is 306 g/mol. The van der Waals surface area contributed by atoms with Crippen LogP contribution in [-0.4, -0.2) is 20.4 Å². The summed E-state index contributed by atoms with van der Waals surface area (Å²) in [5, 5.41) is 3.19. The Morgan fingerprint density at radius 3 is 2.67 bits per heavy atom. The summed E-state index contributed by atoms with van der Waals surface area (Å²) in [4.78, 5) is 4.22. The molecule has 0 aliphatic carbocycles. The molecule has 0 aliphatic heterocycles. The van der Waals surface area contributed by atoms with Gasteiger partial charge in [-0.1, -0.05) is 0 Å². The summed E-state index contributed by atoms with van der Waals surface area (Å²) in [5.74, 6) is 0. The van der Waals surface area contributed by atoms with Crippen molar-refractivity contribution in [3.8, 4) is 0 Å².